The molecule has 0 aliphatic heterocycles. The van der Waals surface area contributed by atoms with Gasteiger partial charge in [0.05, 0.1) is 6.04 Å². The lowest BCUT2D eigenvalue weighted by atomic mass is 9.98. The molecule has 2 aromatic carbocycles. The van der Waals surface area contributed by atoms with Crippen LogP contribution in [0, 0.1) is 15.2 Å². The predicted octanol–water partition coefficient (Wildman–Crippen LogP) is 5.31. The fourth-order valence-corrected chi connectivity index (χ4v) is 2.98. The standard InChI is InChI=1S/C16H15ClF2IN/c1-2-7-21-16(12-9-11(18)4-5-14(12)19)13-8-10(17)3-6-15(13)20/h3-6,8-9,16,21H,2,7H2,1H3. The molecule has 0 aliphatic carbocycles. The minimum absolute atomic E-state index is 0.295. The first-order chi connectivity index (χ1) is 10.0. The molecule has 0 saturated carbocycles. The van der Waals surface area contributed by atoms with E-state index in [0.717, 1.165) is 27.7 Å². The number of hydrogen-bond acceptors (Lipinski definition) is 1. The molecule has 2 rings (SSSR count). The van der Waals surface area contributed by atoms with Crippen LogP contribution < -0.4 is 5.32 Å². The smallest absolute Gasteiger partial charge is 0.128 e. The molecule has 112 valence electrons. The van der Waals surface area contributed by atoms with Gasteiger partial charge in [0.2, 0.25) is 0 Å². The van der Waals surface area contributed by atoms with E-state index < -0.39 is 17.7 Å². The number of halogens is 4. The van der Waals surface area contributed by atoms with Gasteiger partial charge < -0.3 is 5.32 Å². The van der Waals surface area contributed by atoms with Crippen LogP contribution in [0.5, 0.6) is 0 Å². The van der Waals surface area contributed by atoms with Gasteiger partial charge in [-0.2, -0.15) is 0 Å². The topological polar surface area (TPSA) is 12.0 Å². The Balaban J connectivity index is 2.52. The lowest BCUT2D eigenvalue weighted by molar-refractivity contribution is 0.534. The van der Waals surface area contributed by atoms with Crippen molar-refractivity contribution in [3.05, 3.63) is 67.8 Å². The highest BCUT2D eigenvalue weighted by Gasteiger charge is 2.20. The van der Waals surface area contributed by atoms with Gasteiger partial charge in [0, 0.05) is 14.2 Å². The largest absolute Gasteiger partial charge is 0.306 e. The molecule has 1 atom stereocenters. The molecule has 1 N–H and O–H groups in total. The summed E-state index contributed by atoms with van der Waals surface area (Å²) in [5.74, 6) is -0.882. The Labute approximate surface area is 141 Å². The van der Waals surface area contributed by atoms with Gasteiger partial charge in [-0.15, -0.1) is 0 Å². The van der Waals surface area contributed by atoms with Crippen LogP contribution in [0.2, 0.25) is 5.02 Å². The SMILES string of the molecule is CCCNC(c1cc(F)ccc1F)c1cc(Cl)ccc1I. The summed E-state index contributed by atoms with van der Waals surface area (Å²) in [4.78, 5) is 0. The highest BCUT2D eigenvalue weighted by atomic mass is 127. The molecule has 1 unspecified atom stereocenters. The van der Waals surface area contributed by atoms with E-state index in [-0.39, 0.29) is 0 Å². The van der Waals surface area contributed by atoms with Crippen molar-refractivity contribution in [1.29, 1.82) is 0 Å². The highest BCUT2D eigenvalue weighted by Crippen LogP contribution is 2.30. The average molecular weight is 422 g/mol. The maximum Gasteiger partial charge on any atom is 0.128 e. The fraction of sp³-hybridized carbons (Fsp3) is 0.250. The normalized spacial score (nSPS) is 12.4. The second-order valence-electron chi connectivity index (χ2n) is 4.72. The van der Waals surface area contributed by atoms with Gasteiger partial charge in [-0.05, 0) is 77.5 Å². The first-order valence-electron chi connectivity index (χ1n) is 6.66. The Morgan fingerprint density at radius 3 is 2.62 bits per heavy atom. The summed E-state index contributed by atoms with van der Waals surface area (Å²) in [6.45, 7) is 2.72. The number of hydrogen-bond donors (Lipinski definition) is 1. The van der Waals surface area contributed by atoms with Crippen LogP contribution in [0.25, 0.3) is 0 Å². The van der Waals surface area contributed by atoms with Crippen LogP contribution in [0.15, 0.2) is 36.4 Å². The summed E-state index contributed by atoms with van der Waals surface area (Å²) in [6, 6.07) is 8.54. The van der Waals surface area contributed by atoms with Crippen LogP contribution in [0.4, 0.5) is 8.78 Å². The van der Waals surface area contributed by atoms with E-state index in [1.54, 1.807) is 12.1 Å². The molecule has 1 nitrogen and oxygen atoms in total. The van der Waals surface area contributed by atoms with Crippen molar-refractivity contribution in [1.82, 2.24) is 5.32 Å². The Bertz CT molecular complexity index is 582. The molecule has 0 amide bonds. The van der Waals surface area contributed by atoms with Gasteiger partial charge in [-0.25, -0.2) is 8.78 Å². The van der Waals surface area contributed by atoms with Crippen molar-refractivity contribution < 1.29 is 8.78 Å². The third-order valence-electron chi connectivity index (χ3n) is 3.14. The summed E-state index contributed by atoms with van der Waals surface area (Å²) in [6.07, 6.45) is 0.893. The average Bonchev–Trinajstić information content (AvgIpc) is 2.46. The summed E-state index contributed by atoms with van der Waals surface area (Å²) in [7, 11) is 0. The summed E-state index contributed by atoms with van der Waals surface area (Å²) in [5, 5.41) is 3.84. The molecule has 2 aromatic rings. The molecular formula is C16H15ClF2IN. The van der Waals surface area contributed by atoms with Crippen molar-refractivity contribution in [3.63, 3.8) is 0 Å². The Kier molecular flexibility index (Phi) is 5.96. The number of benzene rings is 2. The third-order valence-corrected chi connectivity index (χ3v) is 4.35. The van der Waals surface area contributed by atoms with E-state index in [1.165, 1.54) is 6.07 Å². The van der Waals surface area contributed by atoms with Gasteiger partial charge in [0.25, 0.3) is 0 Å². The Morgan fingerprint density at radius 1 is 1.14 bits per heavy atom. The first-order valence-corrected chi connectivity index (χ1v) is 8.12. The molecular weight excluding hydrogens is 407 g/mol. The molecule has 0 saturated heterocycles. The number of rotatable bonds is 5. The monoisotopic (exact) mass is 421 g/mol. The Morgan fingerprint density at radius 2 is 1.90 bits per heavy atom. The van der Waals surface area contributed by atoms with Gasteiger partial charge >= 0.3 is 0 Å². The van der Waals surface area contributed by atoms with E-state index in [9.17, 15) is 8.78 Å². The van der Waals surface area contributed by atoms with E-state index in [2.05, 4.69) is 27.9 Å². The van der Waals surface area contributed by atoms with Crippen molar-refractivity contribution in [2.45, 2.75) is 19.4 Å². The van der Waals surface area contributed by atoms with Gasteiger partial charge in [-0.3, -0.25) is 0 Å². The van der Waals surface area contributed by atoms with Crippen molar-refractivity contribution in [3.8, 4) is 0 Å². The van der Waals surface area contributed by atoms with Crippen LogP contribution >= 0.6 is 34.2 Å². The third kappa shape index (κ3) is 4.14. The zero-order chi connectivity index (χ0) is 15.4. The van der Waals surface area contributed by atoms with E-state index >= 15 is 0 Å². The predicted molar refractivity (Wildman–Crippen MR) is 90.7 cm³/mol. The second kappa shape index (κ2) is 7.51. The summed E-state index contributed by atoms with van der Waals surface area (Å²) >= 11 is 8.23. The summed E-state index contributed by atoms with van der Waals surface area (Å²) in [5.41, 5.74) is 1.14. The van der Waals surface area contributed by atoms with Gasteiger partial charge in [-0.1, -0.05) is 18.5 Å². The second-order valence-corrected chi connectivity index (χ2v) is 6.32. The van der Waals surface area contributed by atoms with Crippen molar-refractivity contribution in [2.75, 3.05) is 6.54 Å². The van der Waals surface area contributed by atoms with Crippen molar-refractivity contribution >= 4 is 34.2 Å². The fourth-order valence-electron chi connectivity index (χ4n) is 2.15. The zero-order valence-electron chi connectivity index (χ0n) is 11.5. The Hall–Kier alpha value is -0.720. The van der Waals surface area contributed by atoms with E-state index in [4.69, 9.17) is 11.6 Å². The number of nitrogens with one attached hydrogen (secondary N) is 1. The molecule has 0 aliphatic rings. The van der Waals surface area contributed by atoms with E-state index in [1.807, 2.05) is 13.0 Å². The molecule has 0 fully saturated rings. The highest BCUT2D eigenvalue weighted by molar-refractivity contribution is 14.1. The van der Waals surface area contributed by atoms with Crippen molar-refractivity contribution in [2.24, 2.45) is 0 Å². The maximum absolute atomic E-state index is 14.1. The maximum atomic E-state index is 14.1. The quantitative estimate of drug-likeness (QED) is 0.645. The molecule has 0 spiro atoms. The minimum Gasteiger partial charge on any atom is -0.306 e. The van der Waals surface area contributed by atoms with Crippen LogP contribution in [0.1, 0.15) is 30.5 Å². The lowest BCUT2D eigenvalue weighted by Crippen LogP contribution is -2.25. The van der Waals surface area contributed by atoms with Crippen LogP contribution in [-0.4, -0.2) is 6.54 Å². The molecule has 0 bridgehead atoms. The lowest BCUT2D eigenvalue weighted by Gasteiger charge is -2.22. The van der Waals surface area contributed by atoms with E-state index in [0.29, 0.717) is 17.1 Å². The van der Waals surface area contributed by atoms with Gasteiger partial charge in [0.15, 0.2) is 0 Å². The minimum atomic E-state index is -0.452. The zero-order valence-corrected chi connectivity index (χ0v) is 14.4. The van der Waals surface area contributed by atoms with Crippen LogP contribution in [-0.2, 0) is 0 Å². The molecule has 21 heavy (non-hydrogen) atoms. The molecule has 0 aromatic heterocycles. The summed E-state index contributed by atoms with van der Waals surface area (Å²) < 4.78 is 28.6. The first kappa shape index (κ1) is 16.6. The van der Waals surface area contributed by atoms with Crippen LogP contribution in [0.3, 0.4) is 0 Å². The molecule has 0 heterocycles. The molecule has 0 radical (unpaired) electrons. The van der Waals surface area contributed by atoms with Gasteiger partial charge in [0.1, 0.15) is 11.6 Å². The molecule has 5 heteroatoms.